The van der Waals surface area contributed by atoms with Gasteiger partial charge in [-0.05, 0) is 37.8 Å². The van der Waals surface area contributed by atoms with Crippen molar-refractivity contribution in [2.45, 2.75) is 32.3 Å². The molecule has 0 amide bonds. The van der Waals surface area contributed by atoms with Crippen molar-refractivity contribution >= 4 is 9.84 Å². The molecule has 1 atom stereocenters. The Balaban J connectivity index is 2.72. The zero-order chi connectivity index (χ0) is 13.1. The third-order valence-corrected chi connectivity index (χ3v) is 3.93. The Hall–Kier alpha value is -0.870. The molecule has 0 radical (unpaired) electrons. The van der Waals surface area contributed by atoms with E-state index < -0.39 is 15.4 Å². The van der Waals surface area contributed by atoms with Gasteiger partial charge < -0.3 is 5.11 Å². The predicted molar refractivity (Wildman–Crippen MR) is 69.7 cm³/mol. The monoisotopic (exact) mass is 256 g/mol. The minimum atomic E-state index is -2.95. The summed E-state index contributed by atoms with van der Waals surface area (Å²) in [5.74, 6) is 0.120. The van der Waals surface area contributed by atoms with Crippen LogP contribution in [0.3, 0.4) is 0 Å². The summed E-state index contributed by atoms with van der Waals surface area (Å²) in [5.41, 5.74) is 0.932. The second-order valence-electron chi connectivity index (χ2n) is 4.82. The fraction of sp³-hybridized carbons (Fsp3) is 0.538. The molecular weight excluding hydrogens is 236 g/mol. The van der Waals surface area contributed by atoms with Gasteiger partial charge in [0.1, 0.15) is 9.84 Å². The van der Waals surface area contributed by atoms with Crippen molar-refractivity contribution in [1.82, 2.24) is 0 Å². The van der Waals surface area contributed by atoms with Gasteiger partial charge in [-0.1, -0.05) is 24.3 Å². The minimum absolute atomic E-state index is 0.120. The van der Waals surface area contributed by atoms with E-state index in [-0.39, 0.29) is 5.75 Å². The Morgan fingerprint density at radius 3 is 2.41 bits per heavy atom. The van der Waals surface area contributed by atoms with Gasteiger partial charge in [-0.15, -0.1) is 0 Å². The van der Waals surface area contributed by atoms with Gasteiger partial charge in [-0.2, -0.15) is 0 Å². The first kappa shape index (κ1) is 14.2. The lowest BCUT2D eigenvalue weighted by atomic mass is 9.88. The first-order chi connectivity index (χ1) is 7.72. The molecule has 0 aliphatic rings. The van der Waals surface area contributed by atoms with Crippen LogP contribution in [0.4, 0.5) is 0 Å². The van der Waals surface area contributed by atoms with Gasteiger partial charge in [0, 0.05) is 12.0 Å². The van der Waals surface area contributed by atoms with E-state index in [1.165, 1.54) is 6.26 Å². The van der Waals surface area contributed by atoms with Gasteiger partial charge in [-0.25, -0.2) is 8.42 Å². The van der Waals surface area contributed by atoms with E-state index >= 15 is 0 Å². The van der Waals surface area contributed by atoms with Crippen LogP contribution in [-0.4, -0.2) is 25.5 Å². The van der Waals surface area contributed by atoms with Crippen molar-refractivity contribution in [3.63, 3.8) is 0 Å². The lowest BCUT2D eigenvalue weighted by molar-refractivity contribution is 0.0466. The van der Waals surface area contributed by atoms with Crippen LogP contribution in [0.15, 0.2) is 24.3 Å². The maximum Gasteiger partial charge on any atom is 0.147 e. The summed E-state index contributed by atoms with van der Waals surface area (Å²) in [6.45, 7) is 3.68. The topological polar surface area (TPSA) is 54.4 Å². The average molecular weight is 256 g/mol. The molecule has 4 heteroatoms. The Morgan fingerprint density at radius 1 is 1.29 bits per heavy atom. The lowest BCUT2D eigenvalue weighted by Crippen LogP contribution is -2.23. The standard InChI is InChI=1S/C13H20O3S/c1-11-7-4-5-8-12(11)13(2,14)9-6-10-17(3,15)16/h4-5,7-8,14H,6,9-10H2,1-3H3. The largest absolute Gasteiger partial charge is 0.385 e. The summed E-state index contributed by atoms with van der Waals surface area (Å²) in [6, 6.07) is 7.63. The van der Waals surface area contributed by atoms with E-state index in [4.69, 9.17) is 0 Å². The molecule has 96 valence electrons. The number of rotatable bonds is 5. The zero-order valence-corrected chi connectivity index (χ0v) is 11.4. The van der Waals surface area contributed by atoms with Crippen LogP contribution in [0.5, 0.6) is 0 Å². The van der Waals surface area contributed by atoms with Crippen LogP contribution >= 0.6 is 0 Å². The first-order valence-corrected chi connectivity index (χ1v) is 7.75. The Bertz CT molecular complexity index is 475. The summed E-state index contributed by atoms with van der Waals surface area (Å²) < 4.78 is 22.1. The molecule has 0 fully saturated rings. The third-order valence-electron chi connectivity index (χ3n) is 2.90. The summed E-state index contributed by atoms with van der Waals surface area (Å²) in [6.07, 6.45) is 2.14. The maximum atomic E-state index is 11.0. The van der Waals surface area contributed by atoms with Crippen LogP contribution in [0.25, 0.3) is 0 Å². The molecule has 0 saturated carbocycles. The predicted octanol–water partition coefficient (Wildman–Crippen LogP) is 2.03. The van der Waals surface area contributed by atoms with Crippen molar-refractivity contribution in [1.29, 1.82) is 0 Å². The smallest absolute Gasteiger partial charge is 0.147 e. The van der Waals surface area contributed by atoms with Crippen molar-refractivity contribution in [3.05, 3.63) is 35.4 Å². The van der Waals surface area contributed by atoms with E-state index in [1.54, 1.807) is 6.92 Å². The third kappa shape index (κ3) is 4.48. The maximum absolute atomic E-state index is 11.0. The second kappa shape index (κ2) is 5.19. The quantitative estimate of drug-likeness (QED) is 0.877. The number of benzene rings is 1. The molecule has 1 rings (SSSR count). The van der Waals surface area contributed by atoms with Crippen molar-refractivity contribution in [2.24, 2.45) is 0 Å². The fourth-order valence-electron chi connectivity index (χ4n) is 1.99. The van der Waals surface area contributed by atoms with Gasteiger partial charge in [0.2, 0.25) is 0 Å². The van der Waals surface area contributed by atoms with E-state index in [2.05, 4.69) is 0 Å². The molecule has 0 heterocycles. The second-order valence-corrected chi connectivity index (χ2v) is 7.08. The minimum Gasteiger partial charge on any atom is -0.385 e. The SMILES string of the molecule is Cc1ccccc1C(C)(O)CCCS(C)(=O)=O. The summed E-state index contributed by atoms with van der Waals surface area (Å²) in [4.78, 5) is 0. The normalized spacial score (nSPS) is 15.5. The molecule has 0 aliphatic carbocycles. The number of hydrogen-bond donors (Lipinski definition) is 1. The van der Waals surface area contributed by atoms with Crippen LogP contribution in [0.2, 0.25) is 0 Å². The highest BCUT2D eigenvalue weighted by molar-refractivity contribution is 7.90. The van der Waals surface area contributed by atoms with Crippen molar-refractivity contribution in [2.75, 3.05) is 12.0 Å². The number of sulfone groups is 1. The summed E-state index contributed by atoms with van der Waals surface area (Å²) >= 11 is 0. The molecule has 3 nitrogen and oxygen atoms in total. The summed E-state index contributed by atoms with van der Waals surface area (Å²) in [5, 5.41) is 10.4. The molecule has 0 aliphatic heterocycles. The van der Waals surface area contributed by atoms with Gasteiger partial charge in [0.15, 0.2) is 0 Å². The van der Waals surface area contributed by atoms with E-state index in [0.29, 0.717) is 12.8 Å². The first-order valence-electron chi connectivity index (χ1n) is 5.68. The molecule has 0 saturated heterocycles. The molecule has 1 aromatic rings. The number of hydrogen-bond acceptors (Lipinski definition) is 3. The van der Waals surface area contributed by atoms with Crippen molar-refractivity contribution in [3.8, 4) is 0 Å². The Labute approximate surface area is 103 Å². The van der Waals surface area contributed by atoms with Gasteiger partial charge in [0.25, 0.3) is 0 Å². The van der Waals surface area contributed by atoms with Crippen LogP contribution < -0.4 is 0 Å². The van der Waals surface area contributed by atoms with E-state index in [1.807, 2.05) is 31.2 Å². The van der Waals surface area contributed by atoms with E-state index in [9.17, 15) is 13.5 Å². The average Bonchev–Trinajstić information content (AvgIpc) is 2.15. The highest BCUT2D eigenvalue weighted by Crippen LogP contribution is 2.28. The van der Waals surface area contributed by atoms with Gasteiger partial charge >= 0.3 is 0 Å². The van der Waals surface area contributed by atoms with Crippen molar-refractivity contribution < 1.29 is 13.5 Å². The Kier molecular flexibility index (Phi) is 4.33. The van der Waals surface area contributed by atoms with Crippen LogP contribution in [0, 0.1) is 6.92 Å². The molecule has 17 heavy (non-hydrogen) atoms. The molecular formula is C13H20O3S. The van der Waals surface area contributed by atoms with Gasteiger partial charge in [-0.3, -0.25) is 0 Å². The number of aryl methyl sites for hydroxylation is 1. The fourth-order valence-corrected chi connectivity index (χ4v) is 2.66. The molecule has 0 spiro atoms. The van der Waals surface area contributed by atoms with Crippen LogP contribution in [-0.2, 0) is 15.4 Å². The Morgan fingerprint density at radius 2 is 1.88 bits per heavy atom. The lowest BCUT2D eigenvalue weighted by Gasteiger charge is -2.25. The summed E-state index contributed by atoms with van der Waals surface area (Å²) in [7, 11) is -2.95. The zero-order valence-electron chi connectivity index (χ0n) is 10.6. The number of aliphatic hydroxyl groups is 1. The van der Waals surface area contributed by atoms with Gasteiger partial charge in [0.05, 0.1) is 5.60 Å². The van der Waals surface area contributed by atoms with Crippen LogP contribution in [0.1, 0.15) is 30.9 Å². The highest BCUT2D eigenvalue weighted by atomic mass is 32.2. The highest BCUT2D eigenvalue weighted by Gasteiger charge is 2.24. The van der Waals surface area contributed by atoms with E-state index in [0.717, 1.165) is 11.1 Å². The molecule has 0 bridgehead atoms. The molecule has 1 N–H and O–H groups in total. The molecule has 1 unspecified atom stereocenters. The molecule has 0 aromatic heterocycles. The molecule has 1 aromatic carbocycles.